The SMILES string of the molecule is COc1ccc(C(=O)C(=O)c2cc3c(cc2CCN(C)C)OCO3)c(C(=O)O)c1OC. The molecule has 9 heteroatoms. The van der Waals surface area contributed by atoms with E-state index in [2.05, 4.69) is 0 Å². The molecule has 0 bridgehead atoms. The van der Waals surface area contributed by atoms with Crippen LogP contribution < -0.4 is 18.9 Å². The van der Waals surface area contributed by atoms with Crippen molar-refractivity contribution in [2.24, 2.45) is 0 Å². The molecule has 0 atom stereocenters. The van der Waals surface area contributed by atoms with Crippen LogP contribution in [-0.4, -0.2) is 69.2 Å². The van der Waals surface area contributed by atoms with Crippen molar-refractivity contribution in [2.45, 2.75) is 6.42 Å². The molecule has 31 heavy (non-hydrogen) atoms. The Morgan fingerprint density at radius 1 is 1.00 bits per heavy atom. The smallest absolute Gasteiger partial charge is 0.340 e. The van der Waals surface area contributed by atoms with Crippen molar-refractivity contribution in [3.05, 3.63) is 46.5 Å². The number of benzene rings is 2. The molecule has 9 nitrogen and oxygen atoms in total. The lowest BCUT2D eigenvalue weighted by Crippen LogP contribution is -2.22. The Balaban J connectivity index is 2.08. The van der Waals surface area contributed by atoms with Gasteiger partial charge in [-0.25, -0.2) is 4.79 Å². The monoisotopic (exact) mass is 429 g/mol. The van der Waals surface area contributed by atoms with Gasteiger partial charge in [0.1, 0.15) is 5.56 Å². The maximum Gasteiger partial charge on any atom is 0.340 e. The molecule has 164 valence electrons. The Bertz CT molecular complexity index is 1040. The summed E-state index contributed by atoms with van der Waals surface area (Å²) in [5, 5.41) is 9.68. The number of aromatic carboxylic acids is 1. The fraction of sp³-hybridized carbons (Fsp3) is 0.318. The molecule has 0 aliphatic carbocycles. The number of carbonyl (C=O) groups is 3. The number of carboxylic acids is 1. The molecule has 0 amide bonds. The molecule has 2 aromatic carbocycles. The van der Waals surface area contributed by atoms with Gasteiger partial charge in [-0.05, 0) is 50.3 Å². The van der Waals surface area contributed by atoms with Crippen LogP contribution in [0.15, 0.2) is 24.3 Å². The van der Waals surface area contributed by atoms with Crippen molar-refractivity contribution >= 4 is 17.5 Å². The number of carboxylic acid groups (broad SMARTS) is 1. The van der Waals surface area contributed by atoms with Gasteiger partial charge in [0.25, 0.3) is 0 Å². The lowest BCUT2D eigenvalue weighted by Gasteiger charge is -2.15. The molecule has 0 aromatic heterocycles. The lowest BCUT2D eigenvalue weighted by atomic mass is 9.92. The quantitative estimate of drug-likeness (QED) is 0.474. The molecule has 1 N–H and O–H groups in total. The highest BCUT2D eigenvalue weighted by Gasteiger charge is 2.31. The van der Waals surface area contributed by atoms with E-state index in [0.717, 1.165) is 0 Å². The number of ether oxygens (including phenoxy) is 4. The average Bonchev–Trinajstić information content (AvgIpc) is 3.22. The summed E-state index contributed by atoms with van der Waals surface area (Å²) in [6, 6.07) is 5.78. The summed E-state index contributed by atoms with van der Waals surface area (Å²) in [5.74, 6) is -2.37. The summed E-state index contributed by atoms with van der Waals surface area (Å²) in [7, 11) is 6.39. The van der Waals surface area contributed by atoms with E-state index in [1.54, 1.807) is 6.07 Å². The van der Waals surface area contributed by atoms with Gasteiger partial charge in [0.05, 0.1) is 14.2 Å². The van der Waals surface area contributed by atoms with Crippen LogP contribution in [-0.2, 0) is 6.42 Å². The van der Waals surface area contributed by atoms with Crippen molar-refractivity contribution < 1.29 is 38.4 Å². The van der Waals surface area contributed by atoms with E-state index in [-0.39, 0.29) is 29.4 Å². The van der Waals surface area contributed by atoms with Crippen LogP contribution in [0.5, 0.6) is 23.0 Å². The first-order valence-electron chi connectivity index (χ1n) is 9.43. The van der Waals surface area contributed by atoms with Crippen LogP contribution in [0.25, 0.3) is 0 Å². The molecule has 0 unspecified atom stereocenters. The predicted octanol–water partition coefficient (Wildman–Crippen LogP) is 2.30. The van der Waals surface area contributed by atoms with Crippen molar-refractivity contribution in [3.8, 4) is 23.0 Å². The zero-order valence-corrected chi connectivity index (χ0v) is 17.7. The van der Waals surface area contributed by atoms with Crippen molar-refractivity contribution in [1.82, 2.24) is 4.90 Å². The number of hydrogen-bond acceptors (Lipinski definition) is 8. The maximum atomic E-state index is 13.2. The average molecular weight is 429 g/mol. The summed E-state index contributed by atoms with van der Waals surface area (Å²) >= 11 is 0. The number of nitrogens with zero attached hydrogens (tertiary/aromatic N) is 1. The number of ketones is 2. The van der Waals surface area contributed by atoms with E-state index in [1.807, 2.05) is 19.0 Å². The van der Waals surface area contributed by atoms with Crippen LogP contribution in [0.2, 0.25) is 0 Å². The number of fused-ring (bicyclic) bond motifs is 1. The molecular formula is C22H23NO8. The van der Waals surface area contributed by atoms with Crippen LogP contribution >= 0.6 is 0 Å². The largest absolute Gasteiger partial charge is 0.493 e. The van der Waals surface area contributed by atoms with E-state index >= 15 is 0 Å². The first-order valence-corrected chi connectivity index (χ1v) is 9.43. The van der Waals surface area contributed by atoms with Gasteiger partial charge in [-0.15, -0.1) is 0 Å². The number of rotatable bonds is 9. The van der Waals surface area contributed by atoms with Gasteiger partial charge < -0.3 is 29.0 Å². The van der Waals surface area contributed by atoms with Crippen LogP contribution in [0.4, 0.5) is 0 Å². The first-order chi connectivity index (χ1) is 14.8. The minimum absolute atomic E-state index is 0.0207. The topological polar surface area (TPSA) is 112 Å². The third kappa shape index (κ3) is 4.31. The molecule has 0 fully saturated rings. The molecule has 1 aliphatic rings. The Kier molecular flexibility index (Phi) is 6.45. The minimum atomic E-state index is -1.41. The predicted molar refractivity (Wildman–Crippen MR) is 110 cm³/mol. The summed E-state index contributed by atoms with van der Waals surface area (Å²) < 4.78 is 21.0. The standard InChI is InChI=1S/C22H23NO8/c1-23(2)8-7-12-9-16-17(31-11-30-16)10-14(12)20(25)19(24)13-5-6-15(28-3)21(29-4)18(13)22(26)27/h5-6,9-10H,7-8,11H2,1-4H3,(H,26,27). The van der Waals surface area contributed by atoms with Crippen molar-refractivity contribution in [1.29, 1.82) is 0 Å². The molecule has 2 aromatic rings. The summed E-state index contributed by atoms with van der Waals surface area (Å²) in [5.41, 5.74) is 0.0260. The number of methoxy groups -OCH3 is 2. The zero-order chi connectivity index (χ0) is 22.7. The van der Waals surface area contributed by atoms with Gasteiger partial charge in [-0.1, -0.05) is 0 Å². The number of likely N-dealkylation sites (N-methyl/N-ethyl adjacent to an activating group) is 1. The Morgan fingerprint density at radius 3 is 2.23 bits per heavy atom. The van der Waals surface area contributed by atoms with Crippen LogP contribution in [0, 0.1) is 0 Å². The van der Waals surface area contributed by atoms with Gasteiger partial charge in [-0.2, -0.15) is 0 Å². The normalized spacial score (nSPS) is 12.0. The highest BCUT2D eigenvalue weighted by molar-refractivity contribution is 6.50. The van der Waals surface area contributed by atoms with Crippen LogP contribution in [0.1, 0.15) is 36.6 Å². The second kappa shape index (κ2) is 9.05. The molecule has 0 saturated heterocycles. The lowest BCUT2D eigenvalue weighted by molar-refractivity contribution is 0.0686. The van der Waals surface area contributed by atoms with Crippen molar-refractivity contribution in [3.63, 3.8) is 0 Å². The molecule has 1 aliphatic heterocycles. The van der Waals surface area contributed by atoms with Crippen LogP contribution in [0.3, 0.4) is 0 Å². The third-order valence-corrected chi connectivity index (χ3v) is 4.88. The van der Waals surface area contributed by atoms with E-state index < -0.39 is 23.1 Å². The van der Waals surface area contributed by atoms with Gasteiger partial charge in [0.15, 0.2) is 23.0 Å². The number of Topliss-reactive ketones (excluding diaryl/α,β-unsaturated/α-hetero) is 2. The zero-order valence-electron chi connectivity index (χ0n) is 17.7. The van der Waals surface area contributed by atoms with E-state index in [9.17, 15) is 19.5 Å². The van der Waals surface area contributed by atoms with Gasteiger partial charge >= 0.3 is 5.97 Å². The Hall–Kier alpha value is -3.59. The summed E-state index contributed by atoms with van der Waals surface area (Å²) in [6.45, 7) is 0.651. The Morgan fingerprint density at radius 2 is 1.65 bits per heavy atom. The number of hydrogen-bond donors (Lipinski definition) is 1. The fourth-order valence-corrected chi connectivity index (χ4v) is 3.32. The van der Waals surface area contributed by atoms with E-state index in [4.69, 9.17) is 18.9 Å². The second-order valence-electron chi connectivity index (χ2n) is 7.10. The summed E-state index contributed by atoms with van der Waals surface area (Å²) in [4.78, 5) is 40.2. The van der Waals surface area contributed by atoms with E-state index in [0.29, 0.717) is 30.0 Å². The molecule has 0 radical (unpaired) electrons. The third-order valence-electron chi connectivity index (χ3n) is 4.88. The van der Waals surface area contributed by atoms with Crippen molar-refractivity contribution in [2.75, 3.05) is 41.7 Å². The minimum Gasteiger partial charge on any atom is -0.493 e. The van der Waals surface area contributed by atoms with Gasteiger partial charge in [0, 0.05) is 17.7 Å². The Labute approximate surface area is 179 Å². The molecule has 0 saturated carbocycles. The summed E-state index contributed by atoms with van der Waals surface area (Å²) in [6.07, 6.45) is 0.482. The molecular weight excluding hydrogens is 406 g/mol. The fourth-order valence-electron chi connectivity index (χ4n) is 3.32. The van der Waals surface area contributed by atoms with E-state index in [1.165, 1.54) is 32.4 Å². The highest BCUT2D eigenvalue weighted by Crippen LogP contribution is 2.37. The molecule has 0 spiro atoms. The molecule has 3 rings (SSSR count). The maximum absolute atomic E-state index is 13.2. The molecule has 1 heterocycles. The second-order valence-corrected chi connectivity index (χ2v) is 7.10. The highest BCUT2D eigenvalue weighted by atomic mass is 16.7. The van der Waals surface area contributed by atoms with Gasteiger partial charge in [-0.3, -0.25) is 9.59 Å². The van der Waals surface area contributed by atoms with Gasteiger partial charge in [0.2, 0.25) is 18.4 Å². The number of carbonyl (C=O) groups excluding carboxylic acids is 2. The first kappa shape index (κ1) is 22.1.